The molecule has 0 saturated heterocycles. The number of rotatable bonds is 22. The number of carbonyl (C=O) groups excluding carboxylic acids is 1. The van der Waals surface area contributed by atoms with E-state index in [0.29, 0.717) is 6.54 Å². The van der Waals surface area contributed by atoms with Crippen LogP contribution in [0.2, 0.25) is 0 Å². The summed E-state index contributed by atoms with van der Waals surface area (Å²) in [4.78, 5) is 13.4. The minimum atomic E-state index is -0.405. The Labute approximate surface area is 176 Å². The van der Waals surface area contributed by atoms with Crippen LogP contribution in [0.1, 0.15) is 123 Å². The zero-order chi connectivity index (χ0) is 20.7. The second kappa shape index (κ2) is 22.5. The molecule has 0 radical (unpaired) electrons. The summed E-state index contributed by atoms with van der Waals surface area (Å²) < 4.78 is 0. The highest BCUT2D eigenvalue weighted by molar-refractivity contribution is 5.71. The van der Waals surface area contributed by atoms with Crippen molar-refractivity contribution in [2.45, 2.75) is 123 Å². The molecule has 0 rings (SSSR count). The molecule has 0 aliphatic carbocycles. The third-order valence-electron chi connectivity index (χ3n) is 5.61. The maximum atomic E-state index is 10.8. The van der Waals surface area contributed by atoms with E-state index in [0.717, 1.165) is 13.0 Å². The van der Waals surface area contributed by atoms with Crippen LogP contribution >= 0.6 is 0 Å². The van der Waals surface area contributed by atoms with Crippen molar-refractivity contribution in [1.29, 1.82) is 0 Å². The fourth-order valence-corrected chi connectivity index (χ4v) is 3.79. The van der Waals surface area contributed by atoms with Gasteiger partial charge in [0.2, 0.25) is 0 Å². The lowest BCUT2D eigenvalue weighted by Crippen LogP contribution is -2.33. The van der Waals surface area contributed by atoms with Crippen LogP contribution in [0.15, 0.2) is 0 Å². The molecule has 0 spiro atoms. The first kappa shape index (κ1) is 27.2. The third kappa shape index (κ3) is 21.5. The van der Waals surface area contributed by atoms with E-state index in [1.54, 1.807) is 0 Å². The van der Waals surface area contributed by atoms with Crippen LogP contribution in [0.3, 0.4) is 0 Å². The molecule has 0 bridgehead atoms. The van der Waals surface area contributed by atoms with Gasteiger partial charge >= 0.3 is 6.03 Å². The first-order chi connectivity index (χ1) is 13.7. The van der Waals surface area contributed by atoms with Gasteiger partial charge < -0.3 is 16.0 Å². The van der Waals surface area contributed by atoms with Gasteiger partial charge in [-0.25, -0.2) is 4.79 Å². The molecule has 0 aromatic rings. The van der Waals surface area contributed by atoms with Gasteiger partial charge in [0.1, 0.15) is 0 Å². The summed E-state index contributed by atoms with van der Waals surface area (Å²) >= 11 is 0. The summed E-state index contributed by atoms with van der Waals surface area (Å²) in [5, 5.41) is 2.71. The first-order valence-corrected chi connectivity index (χ1v) is 12.5. The van der Waals surface area contributed by atoms with Crippen molar-refractivity contribution in [3.05, 3.63) is 0 Å². The molecule has 0 unspecified atom stereocenters. The van der Waals surface area contributed by atoms with E-state index in [1.165, 1.54) is 116 Å². The van der Waals surface area contributed by atoms with Crippen molar-refractivity contribution >= 4 is 6.03 Å². The fourth-order valence-electron chi connectivity index (χ4n) is 3.79. The highest BCUT2D eigenvalue weighted by Crippen LogP contribution is 2.11. The molecule has 0 aliphatic heterocycles. The van der Waals surface area contributed by atoms with Gasteiger partial charge in [-0.05, 0) is 38.9 Å². The summed E-state index contributed by atoms with van der Waals surface area (Å²) in [5.74, 6) is 0. The van der Waals surface area contributed by atoms with Crippen LogP contribution in [0.25, 0.3) is 0 Å². The lowest BCUT2D eigenvalue weighted by atomic mass is 10.1. The Balaban J connectivity index is 3.80. The molecule has 4 nitrogen and oxygen atoms in total. The fraction of sp³-hybridized carbons (Fsp3) is 0.958. The molecule has 2 amide bonds. The van der Waals surface area contributed by atoms with E-state index in [1.807, 2.05) is 0 Å². The SMILES string of the molecule is CCCCCCCCCCN(CCCCCCCCCC)CCCNC(N)=O. The summed E-state index contributed by atoms with van der Waals surface area (Å²) in [6.07, 6.45) is 23.0. The van der Waals surface area contributed by atoms with Gasteiger partial charge in [0.25, 0.3) is 0 Å². The van der Waals surface area contributed by atoms with E-state index in [-0.39, 0.29) is 0 Å². The molecule has 0 aromatic carbocycles. The Kier molecular flexibility index (Phi) is 21.9. The zero-order valence-electron chi connectivity index (χ0n) is 19.3. The average Bonchev–Trinajstić information content (AvgIpc) is 2.68. The smallest absolute Gasteiger partial charge is 0.312 e. The minimum absolute atomic E-state index is 0.405. The molecular formula is C24H51N3O. The summed E-state index contributed by atoms with van der Waals surface area (Å²) in [6, 6.07) is -0.405. The molecule has 0 saturated carbocycles. The Morgan fingerprint density at radius 1 is 0.607 bits per heavy atom. The molecule has 0 aromatic heterocycles. The molecule has 0 fully saturated rings. The summed E-state index contributed by atoms with van der Waals surface area (Å²) in [5.41, 5.74) is 5.16. The monoisotopic (exact) mass is 397 g/mol. The molecule has 0 aliphatic rings. The van der Waals surface area contributed by atoms with Crippen LogP contribution in [0.5, 0.6) is 0 Å². The van der Waals surface area contributed by atoms with Crippen LogP contribution in [0.4, 0.5) is 4.79 Å². The largest absolute Gasteiger partial charge is 0.352 e. The number of primary amides is 1. The van der Waals surface area contributed by atoms with Crippen molar-refractivity contribution in [3.63, 3.8) is 0 Å². The zero-order valence-corrected chi connectivity index (χ0v) is 19.3. The van der Waals surface area contributed by atoms with E-state index < -0.39 is 6.03 Å². The Morgan fingerprint density at radius 3 is 1.36 bits per heavy atom. The normalized spacial score (nSPS) is 11.2. The minimum Gasteiger partial charge on any atom is -0.352 e. The topological polar surface area (TPSA) is 58.4 Å². The lowest BCUT2D eigenvalue weighted by molar-refractivity contribution is 0.243. The van der Waals surface area contributed by atoms with Crippen LogP contribution in [-0.2, 0) is 0 Å². The van der Waals surface area contributed by atoms with E-state index in [9.17, 15) is 4.79 Å². The van der Waals surface area contributed by atoms with E-state index in [2.05, 4.69) is 24.1 Å². The number of nitrogens with zero attached hydrogens (tertiary/aromatic N) is 1. The number of amides is 2. The molecular weight excluding hydrogens is 346 g/mol. The number of unbranched alkanes of at least 4 members (excludes halogenated alkanes) is 14. The van der Waals surface area contributed by atoms with Crippen molar-refractivity contribution in [3.8, 4) is 0 Å². The molecule has 0 atom stereocenters. The van der Waals surface area contributed by atoms with Crippen molar-refractivity contribution in [1.82, 2.24) is 10.2 Å². The Bertz CT molecular complexity index is 303. The van der Waals surface area contributed by atoms with Gasteiger partial charge in [-0.3, -0.25) is 0 Å². The predicted molar refractivity (Wildman–Crippen MR) is 124 cm³/mol. The highest BCUT2D eigenvalue weighted by Gasteiger charge is 2.05. The van der Waals surface area contributed by atoms with Crippen LogP contribution in [0, 0.1) is 0 Å². The molecule has 168 valence electrons. The predicted octanol–water partition coefficient (Wildman–Crippen LogP) is 6.63. The van der Waals surface area contributed by atoms with Gasteiger partial charge in [0.05, 0.1) is 0 Å². The second-order valence-corrected chi connectivity index (χ2v) is 8.44. The molecule has 0 heterocycles. The number of hydrogen-bond donors (Lipinski definition) is 2. The third-order valence-corrected chi connectivity index (χ3v) is 5.61. The summed E-state index contributed by atoms with van der Waals surface area (Å²) in [7, 11) is 0. The van der Waals surface area contributed by atoms with Crippen LogP contribution < -0.4 is 11.1 Å². The van der Waals surface area contributed by atoms with Gasteiger partial charge in [0.15, 0.2) is 0 Å². The van der Waals surface area contributed by atoms with Gasteiger partial charge in [-0.15, -0.1) is 0 Å². The van der Waals surface area contributed by atoms with Crippen molar-refractivity contribution in [2.75, 3.05) is 26.2 Å². The maximum absolute atomic E-state index is 10.8. The number of nitrogens with two attached hydrogens (primary N) is 1. The standard InChI is InChI=1S/C24H51N3O/c1-3-5-7-9-11-13-15-17-21-27(23-19-20-26-24(25)28)22-18-16-14-12-10-8-6-4-2/h3-23H2,1-2H3,(H3,25,26,28). The van der Waals surface area contributed by atoms with Gasteiger partial charge in [-0.1, -0.05) is 104 Å². The summed E-state index contributed by atoms with van der Waals surface area (Å²) in [6.45, 7) is 8.75. The quantitative estimate of drug-likeness (QED) is 0.201. The molecule has 4 heteroatoms. The molecule has 28 heavy (non-hydrogen) atoms. The van der Waals surface area contributed by atoms with Crippen molar-refractivity contribution in [2.24, 2.45) is 5.73 Å². The van der Waals surface area contributed by atoms with E-state index in [4.69, 9.17) is 5.73 Å². The van der Waals surface area contributed by atoms with Crippen LogP contribution in [-0.4, -0.2) is 37.1 Å². The van der Waals surface area contributed by atoms with E-state index >= 15 is 0 Å². The second-order valence-electron chi connectivity index (χ2n) is 8.44. The Hall–Kier alpha value is -0.770. The average molecular weight is 398 g/mol. The van der Waals surface area contributed by atoms with Gasteiger partial charge in [-0.2, -0.15) is 0 Å². The number of urea groups is 1. The molecule has 3 N–H and O–H groups in total. The Morgan fingerprint density at radius 2 is 0.964 bits per heavy atom. The first-order valence-electron chi connectivity index (χ1n) is 12.5. The number of hydrogen-bond acceptors (Lipinski definition) is 2. The lowest BCUT2D eigenvalue weighted by Gasteiger charge is -2.22. The number of nitrogens with one attached hydrogen (secondary N) is 1. The maximum Gasteiger partial charge on any atom is 0.312 e. The highest BCUT2D eigenvalue weighted by atomic mass is 16.2. The van der Waals surface area contributed by atoms with Crippen molar-refractivity contribution < 1.29 is 4.79 Å². The van der Waals surface area contributed by atoms with Gasteiger partial charge in [0, 0.05) is 6.54 Å². The number of carbonyl (C=O) groups is 1.